The van der Waals surface area contributed by atoms with Crippen molar-refractivity contribution in [2.75, 3.05) is 13.7 Å². The van der Waals surface area contributed by atoms with Crippen LogP contribution in [0.25, 0.3) is 0 Å². The number of nitrogens with zero attached hydrogens (tertiary/aromatic N) is 1. The third-order valence-corrected chi connectivity index (χ3v) is 7.08. The Hall–Kier alpha value is -3.42. The van der Waals surface area contributed by atoms with Crippen molar-refractivity contribution < 1.29 is 33.4 Å². The molecule has 0 atom stereocenters. The second-order valence-electron chi connectivity index (χ2n) is 9.76. The monoisotopic (exact) mass is 497 g/mol. The maximum atomic E-state index is 13.6. The quantitative estimate of drug-likeness (QED) is 0.568. The number of carboxylic acids is 1. The Bertz CT molecular complexity index is 1130. The topological polar surface area (TPSA) is 93.1 Å². The molecule has 4 rings (SSSR count). The van der Waals surface area contributed by atoms with Crippen LogP contribution in [0.3, 0.4) is 0 Å². The fourth-order valence-corrected chi connectivity index (χ4v) is 5.12. The molecule has 36 heavy (non-hydrogen) atoms. The predicted octanol–water partition coefficient (Wildman–Crippen LogP) is 4.72. The Morgan fingerprint density at radius 3 is 2.39 bits per heavy atom. The van der Waals surface area contributed by atoms with Crippen LogP contribution < -0.4 is 4.74 Å². The molecule has 2 aliphatic rings. The van der Waals surface area contributed by atoms with Gasteiger partial charge in [0.05, 0.1) is 7.11 Å². The van der Waals surface area contributed by atoms with Gasteiger partial charge < -0.3 is 19.5 Å². The van der Waals surface area contributed by atoms with Crippen molar-refractivity contribution in [3.63, 3.8) is 0 Å². The third-order valence-electron chi connectivity index (χ3n) is 7.08. The minimum Gasteiger partial charge on any atom is -0.494 e. The Kier molecular flexibility index (Phi) is 8.23. The molecule has 0 bridgehead atoms. The molecule has 0 radical (unpaired) electrons. The molecular weight excluding hydrogens is 465 g/mol. The van der Waals surface area contributed by atoms with Crippen molar-refractivity contribution >= 4 is 17.8 Å². The number of hydrogen-bond donors (Lipinski definition) is 1. The van der Waals surface area contributed by atoms with Crippen LogP contribution in [0.4, 0.5) is 9.18 Å². The molecule has 1 saturated carbocycles. The highest BCUT2D eigenvalue weighted by molar-refractivity contribution is 5.83. The maximum Gasteiger partial charge on any atom is 0.410 e. The number of carbonyl (C=O) groups is 3. The molecule has 0 spiro atoms. The van der Waals surface area contributed by atoms with E-state index in [1.54, 1.807) is 17.0 Å². The van der Waals surface area contributed by atoms with Gasteiger partial charge in [0, 0.05) is 32.4 Å². The molecule has 2 aromatic rings. The van der Waals surface area contributed by atoms with Gasteiger partial charge in [-0.15, -0.1) is 0 Å². The van der Waals surface area contributed by atoms with E-state index < -0.39 is 11.8 Å². The molecule has 192 valence electrons. The highest BCUT2D eigenvalue weighted by atomic mass is 19.1. The average molecular weight is 498 g/mol. The van der Waals surface area contributed by atoms with Crippen LogP contribution in [-0.4, -0.2) is 47.6 Å². The number of Topliss-reactive ketones (excluding diaryl/α,β-unsaturated/α-hetero) is 1. The van der Waals surface area contributed by atoms with Crippen molar-refractivity contribution in [3.8, 4) is 5.75 Å². The van der Waals surface area contributed by atoms with Crippen molar-refractivity contribution in [1.82, 2.24) is 4.90 Å². The van der Waals surface area contributed by atoms with E-state index in [0.29, 0.717) is 37.9 Å². The molecule has 0 saturated heterocycles. The molecule has 8 heteroatoms. The summed E-state index contributed by atoms with van der Waals surface area (Å²) >= 11 is 0. The largest absolute Gasteiger partial charge is 0.494 e. The number of carboxylic acid groups (broad SMARTS) is 1. The van der Waals surface area contributed by atoms with Gasteiger partial charge in [-0.3, -0.25) is 9.59 Å². The van der Waals surface area contributed by atoms with E-state index in [1.165, 1.54) is 13.2 Å². The molecule has 1 fully saturated rings. The zero-order valence-corrected chi connectivity index (χ0v) is 20.5. The number of aliphatic carboxylic acids is 1. The Balaban J connectivity index is 1.28. The molecule has 1 aliphatic carbocycles. The van der Waals surface area contributed by atoms with Gasteiger partial charge in [0.25, 0.3) is 0 Å². The number of halogens is 1. The summed E-state index contributed by atoms with van der Waals surface area (Å²) < 4.78 is 24.3. The molecule has 0 aromatic heterocycles. The van der Waals surface area contributed by atoms with Crippen molar-refractivity contribution in [2.45, 2.75) is 64.0 Å². The van der Waals surface area contributed by atoms with Gasteiger partial charge in [0.2, 0.25) is 0 Å². The Morgan fingerprint density at radius 1 is 1.00 bits per heavy atom. The zero-order chi connectivity index (χ0) is 25.7. The van der Waals surface area contributed by atoms with Crippen molar-refractivity contribution in [1.29, 1.82) is 0 Å². The summed E-state index contributed by atoms with van der Waals surface area (Å²) in [6.45, 7) is 1.01. The lowest BCUT2D eigenvalue weighted by molar-refractivity contribution is -0.138. The first-order chi connectivity index (χ1) is 17.3. The van der Waals surface area contributed by atoms with Gasteiger partial charge >= 0.3 is 12.1 Å². The lowest BCUT2D eigenvalue weighted by Crippen LogP contribution is -2.39. The van der Waals surface area contributed by atoms with Crippen LogP contribution in [-0.2, 0) is 40.1 Å². The summed E-state index contributed by atoms with van der Waals surface area (Å²) in [6.07, 6.45) is 3.81. The molecule has 1 aliphatic heterocycles. The molecule has 1 heterocycles. The number of fused-ring (bicyclic) bond motifs is 1. The number of ether oxygens (including phenoxy) is 2. The van der Waals surface area contributed by atoms with Crippen molar-refractivity contribution in [3.05, 3.63) is 64.5 Å². The van der Waals surface area contributed by atoms with E-state index >= 15 is 0 Å². The third kappa shape index (κ3) is 6.62. The van der Waals surface area contributed by atoms with Crippen LogP contribution in [0.1, 0.15) is 54.4 Å². The number of ketones is 1. The van der Waals surface area contributed by atoms with E-state index in [-0.39, 0.29) is 48.9 Å². The number of carbonyl (C=O) groups excluding carboxylic acids is 2. The van der Waals surface area contributed by atoms with E-state index in [1.807, 2.05) is 18.2 Å². The smallest absolute Gasteiger partial charge is 0.410 e. The number of benzene rings is 2. The average Bonchev–Trinajstić information content (AvgIpc) is 2.85. The van der Waals surface area contributed by atoms with Crippen LogP contribution >= 0.6 is 0 Å². The zero-order valence-electron chi connectivity index (χ0n) is 20.5. The normalized spacial score (nSPS) is 19.3. The fourth-order valence-electron chi connectivity index (χ4n) is 5.12. The molecule has 0 unspecified atom stereocenters. The summed E-state index contributed by atoms with van der Waals surface area (Å²) in [5, 5.41) is 8.95. The number of methoxy groups -OCH3 is 1. The van der Waals surface area contributed by atoms with Gasteiger partial charge in [0.15, 0.2) is 11.6 Å². The predicted molar refractivity (Wildman–Crippen MR) is 130 cm³/mol. The van der Waals surface area contributed by atoms with E-state index in [4.69, 9.17) is 14.6 Å². The first-order valence-corrected chi connectivity index (χ1v) is 12.4. The SMILES string of the molecule is COc1cc(CC(=O)Cc2ccc3c(c2)CCN(C(=O)OC2CCC(CC(=O)O)CC2)C3)ccc1F. The van der Waals surface area contributed by atoms with Gasteiger partial charge in [-0.25, -0.2) is 9.18 Å². The lowest BCUT2D eigenvalue weighted by Gasteiger charge is -2.32. The summed E-state index contributed by atoms with van der Waals surface area (Å²) in [7, 11) is 1.40. The number of amides is 1. The second-order valence-corrected chi connectivity index (χ2v) is 9.76. The molecule has 1 amide bonds. The molecule has 2 aromatic carbocycles. The fraction of sp³-hybridized carbons (Fsp3) is 0.464. The Labute approximate surface area is 210 Å². The molecule has 1 N–H and O–H groups in total. The minimum absolute atomic E-state index is 0.0303. The summed E-state index contributed by atoms with van der Waals surface area (Å²) in [5.41, 5.74) is 3.80. The molecule has 7 nitrogen and oxygen atoms in total. The van der Waals surface area contributed by atoms with Gasteiger partial charge in [-0.1, -0.05) is 24.3 Å². The highest BCUT2D eigenvalue weighted by Crippen LogP contribution is 2.30. The first-order valence-electron chi connectivity index (χ1n) is 12.4. The van der Waals surface area contributed by atoms with Gasteiger partial charge in [0.1, 0.15) is 11.9 Å². The van der Waals surface area contributed by atoms with Crippen LogP contribution in [0.15, 0.2) is 36.4 Å². The van der Waals surface area contributed by atoms with Gasteiger partial charge in [-0.05, 0) is 72.4 Å². The highest BCUT2D eigenvalue weighted by Gasteiger charge is 2.28. The number of hydrogen-bond acceptors (Lipinski definition) is 5. The lowest BCUT2D eigenvalue weighted by atomic mass is 9.85. The molecular formula is C28H32FNO6. The standard InChI is InChI=1S/C28H32FNO6/c1-35-26-15-20(5-9-25(26)29)14-23(31)13-19-2-6-22-17-30(11-10-21(22)12-19)28(34)36-24-7-3-18(4-8-24)16-27(32)33/h2,5-6,9,12,15,18,24H,3-4,7-8,10-11,13-14,16-17H2,1H3,(H,32,33). The maximum absolute atomic E-state index is 13.6. The van der Waals surface area contributed by atoms with Crippen LogP contribution in [0.5, 0.6) is 5.75 Å². The van der Waals surface area contributed by atoms with Gasteiger partial charge in [-0.2, -0.15) is 0 Å². The van der Waals surface area contributed by atoms with Crippen LogP contribution in [0, 0.1) is 11.7 Å². The second kappa shape index (κ2) is 11.5. The Morgan fingerprint density at radius 2 is 1.69 bits per heavy atom. The van der Waals surface area contributed by atoms with E-state index in [9.17, 15) is 18.8 Å². The number of rotatable bonds is 8. The van der Waals surface area contributed by atoms with E-state index in [2.05, 4.69) is 0 Å². The summed E-state index contributed by atoms with van der Waals surface area (Å²) in [4.78, 5) is 37.9. The summed E-state index contributed by atoms with van der Waals surface area (Å²) in [5.74, 6) is -0.905. The minimum atomic E-state index is -0.775. The first kappa shape index (κ1) is 25.7. The summed E-state index contributed by atoms with van der Waals surface area (Å²) in [6, 6.07) is 10.4. The van der Waals surface area contributed by atoms with E-state index in [0.717, 1.165) is 29.5 Å². The van der Waals surface area contributed by atoms with Crippen molar-refractivity contribution in [2.24, 2.45) is 5.92 Å². The van der Waals surface area contributed by atoms with Crippen LogP contribution in [0.2, 0.25) is 0 Å².